The molecule has 140 valence electrons. The Morgan fingerprint density at radius 1 is 1.15 bits per heavy atom. The highest BCUT2D eigenvalue weighted by atomic mass is 16.2. The van der Waals surface area contributed by atoms with Crippen molar-refractivity contribution in [3.63, 3.8) is 0 Å². The lowest BCUT2D eigenvalue weighted by molar-refractivity contribution is -0.131. The molecule has 6 nitrogen and oxygen atoms in total. The Balaban J connectivity index is 1.64. The maximum Gasteiger partial charge on any atom is 0.254 e. The lowest BCUT2D eigenvalue weighted by atomic mass is 10.00. The number of nitrogens with one attached hydrogen (secondary N) is 2. The molecule has 4 rings (SSSR count). The Bertz CT molecular complexity index is 1120. The van der Waals surface area contributed by atoms with E-state index in [0.717, 1.165) is 27.9 Å². The first-order chi connectivity index (χ1) is 12.8. The van der Waals surface area contributed by atoms with Gasteiger partial charge in [-0.2, -0.15) is 0 Å². The van der Waals surface area contributed by atoms with E-state index in [0.29, 0.717) is 37.3 Å². The van der Waals surface area contributed by atoms with Crippen LogP contribution in [-0.2, 0) is 24.2 Å². The van der Waals surface area contributed by atoms with E-state index in [1.165, 1.54) is 11.1 Å². The second-order valence-corrected chi connectivity index (χ2v) is 7.50. The van der Waals surface area contributed by atoms with E-state index in [4.69, 9.17) is 0 Å². The summed E-state index contributed by atoms with van der Waals surface area (Å²) in [4.78, 5) is 37.6. The predicted molar refractivity (Wildman–Crippen MR) is 105 cm³/mol. The molecule has 0 aliphatic carbocycles. The van der Waals surface area contributed by atoms with E-state index in [1.54, 1.807) is 6.92 Å². The smallest absolute Gasteiger partial charge is 0.254 e. The van der Waals surface area contributed by atoms with Gasteiger partial charge in [-0.05, 0) is 50.8 Å². The van der Waals surface area contributed by atoms with Crippen LogP contribution in [0.25, 0.3) is 10.9 Å². The second kappa shape index (κ2) is 6.37. The number of hydrogen-bond acceptors (Lipinski definition) is 3. The molecule has 0 fully saturated rings. The van der Waals surface area contributed by atoms with E-state index in [-0.39, 0.29) is 11.5 Å². The molecular formula is C21H24N4O2. The lowest BCUT2D eigenvalue weighted by Gasteiger charge is -2.28. The summed E-state index contributed by atoms with van der Waals surface area (Å²) in [6.07, 6.45) is 0.905. The van der Waals surface area contributed by atoms with Crippen LogP contribution in [-0.4, -0.2) is 32.3 Å². The molecule has 1 amide bonds. The maximum atomic E-state index is 13.0. The van der Waals surface area contributed by atoms with Crippen molar-refractivity contribution < 1.29 is 4.79 Å². The maximum absolute atomic E-state index is 13.0. The molecule has 1 aliphatic heterocycles. The highest BCUT2D eigenvalue weighted by molar-refractivity contribution is 5.93. The van der Waals surface area contributed by atoms with Gasteiger partial charge < -0.3 is 14.9 Å². The SMILES string of the molecule is Cc1nc2c(c(=O)[nH]1)CCN(C(=O)Cc1c(C)[nH]c3c(C)ccc(C)c13)C2. The molecule has 0 spiro atoms. The fourth-order valence-corrected chi connectivity index (χ4v) is 4.07. The number of hydrogen-bond donors (Lipinski definition) is 2. The van der Waals surface area contributed by atoms with Crippen LogP contribution in [0.5, 0.6) is 0 Å². The molecule has 6 heteroatoms. The largest absolute Gasteiger partial charge is 0.358 e. The Morgan fingerprint density at radius 2 is 1.89 bits per heavy atom. The van der Waals surface area contributed by atoms with E-state index in [2.05, 4.69) is 40.9 Å². The second-order valence-electron chi connectivity index (χ2n) is 7.50. The Labute approximate surface area is 157 Å². The van der Waals surface area contributed by atoms with Gasteiger partial charge >= 0.3 is 0 Å². The molecule has 0 bridgehead atoms. The zero-order valence-corrected chi connectivity index (χ0v) is 16.2. The summed E-state index contributed by atoms with van der Waals surface area (Å²) in [5, 5.41) is 1.16. The quantitative estimate of drug-likeness (QED) is 0.733. The van der Waals surface area contributed by atoms with Crippen molar-refractivity contribution >= 4 is 16.8 Å². The van der Waals surface area contributed by atoms with Gasteiger partial charge in [-0.3, -0.25) is 9.59 Å². The van der Waals surface area contributed by atoms with E-state index < -0.39 is 0 Å². The molecule has 27 heavy (non-hydrogen) atoms. The Morgan fingerprint density at radius 3 is 2.67 bits per heavy atom. The number of H-pyrrole nitrogens is 2. The third kappa shape index (κ3) is 2.95. The molecular weight excluding hydrogens is 340 g/mol. The summed E-state index contributed by atoms with van der Waals surface area (Å²) < 4.78 is 0. The third-order valence-electron chi connectivity index (χ3n) is 5.56. The molecule has 2 N–H and O–H groups in total. The van der Waals surface area contributed by atoms with Crippen LogP contribution in [0.15, 0.2) is 16.9 Å². The monoisotopic (exact) mass is 364 g/mol. The summed E-state index contributed by atoms with van der Waals surface area (Å²) in [7, 11) is 0. The number of aromatic nitrogens is 3. The van der Waals surface area contributed by atoms with Gasteiger partial charge in [0.1, 0.15) is 5.82 Å². The number of fused-ring (bicyclic) bond motifs is 2. The average molecular weight is 364 g/mol. The highest BCUT2D eigenvalue weighted by Gasteiger charge is 2.25. The van der Waals surface area contributed by atoms with E-state index in [1.807, 2.05) is 11.8 Å². The van der Waals surface area contributed by atoms with Crippen LogP contribution in [0, 0.1) is 27.7 Å². The number of benzene rings is 1. The first-order valence-corrected chi connectivity index (χ1v) is 9.29. The van der Waals surface area contributed by atoms with Crippen molar-refractivity contribution in [2.75, 3.05) is 6.54 Å². The van der Waals surface area contributed by atoms with Crippen LogP contribution in [0.2, 0.25) is 0 Å². The van der Waals surface area contributed by atoms with E-state index >= 15 is 0 Å². The minimum absolute atomic E-state index is 0.0743. The summed E-state index contributed by atoms with van der Waals surface area (Å²) >= 11 is 0. The molecule has 3 aromatic rings. The van der Waals surface area contributed by atoms with Crippen molar-refractivity contribution in [3.8, 4) is 0 Å². The zero-order valence-electron chi connectivity index (χ0n) is 16.2. The molecule has 2 aromatic heterocycles. The van der Waals surface area contributed by atoms with Crippen molar-refractivity contribution in [1.82, 2.24) is 19.9 Å². The van der Waals surface area contributed by atoms with Crippen molar-refractivity contribution in [2.24, 2.45) is 0 Å². The van der Waals surface area contributed by atoms with Gasteiger partial charge in [0.2, 0.25) is 5.91 Å². The molecule has 0 unspecified atom stereocenters. The number of nitrogens with zero attached hydrogens (tertiary/aromatic N) is 2. The van der Waals surface area contributed by atoms with Crippen LogP contribution >= 0.6 is 0 Å². The average Bonchev–Trinajstić information content (AvgIpc) is 2.95. The predicted octanol–water partition coefficient (Wildman–Crippen LogP) is 2.61. The van der Waals surface area contributed by atoms with Crippen molar-refractivity contribution in [2.45, 2.75) is 47.1 Å². The fraction of sp³-hybridized carbons (Fsp3) is 0.381. The normalized spacial score (nSPS) is 13.9. The molecule has 0 radical (unpaired) electrons. The number of aromatic amines is 2. The molecule has 0 saturated carbocycles. The Hall–Kier alpha value is -2.89. The van der Waals surface area contributed by atoms with Crippen LogP contribution in [0.1, 0.15) is 39.5 Å². The third-order valence-corrected chi connectivity index (χ3v) is 5.56. The minimum atomic E-state index is -0.0804. The molecule has 0 atom stereocenters. The molecule has 1 aromatic carbocycles. The molecule has 1 aliphatic rings. The topological polar surface area (TPSA) is 81.8 Å². The minimum Gasteiger partial charge on any atom is -0.358 e. The number of amides is 1. The first-order valence-electron chi connectivity index (χ1n) is 9.29. The van der Waals surface area contributed by atoms with Gasteiger partial charge in [0.25, 0.3) is 5.56 Å². The van der Waals surface area contributed by atoms with Crippen LogP contribution in [0.3, 0.4) is 0 Å². The summed E-state index contributed by atoms with van der Waals surface area (Å²) in [5.74, 6) is 0.664. The lowest BCUT2D eigenvalue weighted by Crippen LogP contribution is -2.40. The number of aryl methyl sites for hydroxylation is 4. The summed E-state index contributed by atoms with van der Waals surface area (Å²) in [6, 6.07) is 4.21. The van der Waals surface area contributed by atoms with Crippen molar-refractivity contribution in [1.29, 1.82) is 0 Å². The fourth-order valence-electron chi connectivity index (χ4n) is 4.07. The van der Waals surface area contributed by atoms with Gasteiger partial charge in [-0.1, -0.05) is 12.1 Å². The zero-order chi connectivity index (χ0) is 19.3. The number of carbonyl (C=O) groups is 1. The Kier molecular flexibility index (Phi) is 4.13. The van der Waals surface area contributed by atoms with Gasteiger partial charge in [-0.15, -0.1) is 0 Å². The standard InChI is InChI=1S/C21H24N4O2/c1-11-5-6-12(2)20-19(11)16(13(3)22-20)9-18(26)25-8-7-15-17(10-25)23-14(4)24-21(15)27/h5-6,22H,7-10H2,1-4H3,(H,23,24,27). The van der Waals surface area contributed by atoms with Gasteiger partial charge in [0.15, 0.2) is 0 Å². The highest BCUT2D eigenvalue weighted by Crippen LogP contribution is 2.29. The van der Waals surface area contributed by atoms with E-state index in [9.17, 15) is 9.59 Å². The summed E-state index contributed by atoms with van der Waals surface area (Å²) in [5.41, 5.74) is 6.93. The first kappa shape index (κ1) is 17.5. The van der Waals surface area contributed by atoms with Gasteiger partial charge in [-0.25, -0.2) is 4.98 Å². The van der Waals surface area contributed by atoms with Crippen molar-refractivity contribution in [3.05, 3.63) is 62.0 Å². The molecule has 0 saturated heterocycles. The number of rotatable bonds is 2. The van der Waals surface area contributed by atoms with Crippen LogP contribution in [0.4, 0.5) is 0 Å². The van der Waals surface area contributed by atoms with Gasteiger partial charge in [0, 0.05) is 28.7 Å². The number of carbonyl (C=O) groups excluding carboxylic acids is 1. The van der Waals surface area contributed by atoms with Gasteiger partial charge in [0.05, 0.1) is 18.7 Å². The van der Waals surface area contributed by atoms with Crippen LogP contribution < -0.4 is 5.56 Å². The summed E-state index contributed by atoms with van der Waals surface area (Å²) in [6.45, 7) is 8.91. The molecule has 3 heterocycles.